The number of benzene rings is 1. The number of amides is 1. The average Bonchev–Trinajstić information content (AvgIpc) is 2.54. The zero-order valence-electron chi connectivity index (χ0n) is 13.3. The van der Waals surface area contributed by atoms with E-state index in [2.05, 4.69) is 10.3 Å². The Labute approximate surface area is 131 Å². The van der Waals surface area contributed by atoms with Gasteiger partial charge in [0.25, 0.3) is 5.91 Å². The summed E-state index contributed by atoms with van der Waals surface area (Å²) in [6.07, 6.45) is 3.58. The molecule has 0 unspecified atom stereocenters. The molecule has 0 aliphatic heterocycles. The predicted octanol–water partition coefficient (Wildman–Crippen LogP) is 3.17. The Morgan fingerprint density at radius 3 is 2.82 bits per heavy atom. The quantitative estimate of drug-likeness (QED) is 0.891. The number of aryl methyl sites for hydroxylation is 2. The van der Waals surface area contributed by atoms with E-state index in [1.54, 1.807) is 12.4 Å². The minimum atomic E-state index is -0.489. The van der Waals surface area contributed by atoms with Gasteiger partial charge in [0, 0.05) is 18.9 Å². The van der Waals surface area contributed by atoms with Crippen LogP contribution in [0.2, 0.25) is 0 Å². The second-order valence-electron chi connectivity index (χ2n) is 5.36. The zero-order valence-corrected chi connectivity index (χ0v) is 13.3. The zero-order chi connectivity index (χ0) is 15.9. The van der Waals surface area contributed by atoms with Crippen molar-refractivity contribution in [1.82, 2.24) is 10.3 Å². The molecule has 0 bridgehead atoms. The van der Waals surface area contributed by atoms with Crippen LogP contribution in [0.1, 0.15) is 30.0 Å². The summed E-state index contributed by atoms with van der Waals surface area (Å²) in [7, 11) is 0. The van der Waals surface area contributed by atoms with Crippen molar-refractivity contribution in [2.24, 2.45) is 0 Å². The third kappa shape index (κ3) is 4.32. The molecule has 0 radical (unpaired) electrons. The van der Waals surface area contributed by atoms with Crippen LogP contribution in [0, 0.1) is 13.8 Å². The van der Waals surface area contributed by atoms with Crippen LogP contribution in [0.3, 0.4) is 0 Å². The highest BCUT2D eigenvalue weighted by Gasteiger charge is 2.18. The molecule has 2 aromatic rings. The number of nitrogens with zero attached hydrogens (tertiary/aromatic N) is 1. The van der Waals surface area contributed by atoms with Gasteiger partial charge in [-0.15, -0.1) is 0 Å². The molecule has 0 aliphatic rings. The highest BCUT2D eigenvalue weighted by Crippen LogP contribution is 2.21. The van der Waals surface area contributed by atoms with Crippen LogP contribution in [0.4, 0.5) is 0 Å². The highest BCUT2D eigenvalue weighted by atomic mass is 16.5. The van der Waals surface area contributed by atoms with Crippen LogP contribution in [-0.4, -0.2) is 17.0 Å². The summed E-state index contributed by atoms with van der Waals surface area (Å²) < 4.78 is 5.90. The first-order valence-electron chi connectivity index (χ1n) is 7.50. The van der Waals surface area contributed by atoms with Crippen molar-refractivity contribution in [3.8, 4) is 5.75 Å². The molecule has 1 amide bonds. The molecular formula is C18H22N2O2. The Kier molecular flexibility index (Phi) is 5.53. The molecule has 1 aromatic carbocycles. The molecule has 116 valence electrons. The molecule has 4 heteroatoms. The van der Waals surface area contributed by atoms with Gasteiger partial charge in [-0.25, -0.2) is 0 Å². The van der Waals surface area contributed by atoms with Crippen LogP contribution >= 0.6 is 0 Å². The van der Waals surface area contributed by atoms with Crippen LogP contribution in [0.15, 0.2) is 42.7 Å². The fraction of sp³-hybridized carbons (Fsp3) is 0.333. The maximum atomic E-state index is 12.3. The van der Waals surface area contributed by atoms with Gasteiger partial charge in [-0.1, -0.05) is 25.1 Å². The molecule has 0 aliphatic carbocycles. The van der Waals surface area contributed by atoms with Gasteiger partial charge >= 0.3 is 0 Å². The van der Waals surface area contributed by atoms with Gasteiger partial charge in [0.05, 0.1) is 0 Å². The number of nitrogens with one attached hydrogen (secondary N) is 1. The monoisotopic (exact) mass is 298 g/mol. The standard InChI is InChI=1S/C18H22N2O2/c1-4-16(22-17-10-13(2)7-8-14(17)3)18(21)20-12-15-6-5-9-19-11-15/h5-11,16H,4,12H2,1-3H3,(H,20,21)/t16-/m0/s1. The van der Waals surface area contributed by atoms with E-state index in [1.165, 1.54) is 0 Å². The first kappa shape index (κ1) is 16.0. The summed E-state index contributed by atoms with van der Waals surface area (Å²) >= 11 is 0. The SMILES string of the molecule is CC[C@H](Oc1cc(C)ccc1C)C(=O)NCc1cccnc1. The van der Waals surface area contributed by atoms with Crippen molar-refractivity contribution in [3.63, 3.8) is 0 Å². The molecule has 1 atom stereocenters. The molecule has 0 fully saturated rings. The van der Waals surface area contributed by atoms with Crippen molar-refractivity contribution >= 4 is 5.91 Å². The molecule has 22 heavy (non-hydrogen) atoms. The number of aromatic nitrogens is 1. The lowest BCUT2D eigenvalue weighted by Gasteiger charge is -2.19. The fourth-order valence-electron chi connectivity index (χ4n) is 2.12. The first-order valence-corrected chi connectivity index (χ1v) is 7.50. The van der Waals surface area contributed by atoms with E-state index in [9.17, 15) is 4.79 Å². The maximum absolute atomic E-state index is 12.3. The number of hydrogen-bond acceptors (Lipinski definition) is 3. The van der Waals surface area contributed by atoms with Gasteiger partial charge in [-0.3, -0.25) is 9.78 Å². The summed E-state index contributed by atoms with van der Waals surface area (Å²) in [6.45, 7) is 6.39. The highest BCUT2D eigenvalue weighted by molar-refractivity contribution is 5.81. The van der Waals surface area contributed by atoms with E-state index in [0.29, 0.717) is 13.0 Å². The molecule has 2 rings (SSSR count). The predicted molar refractivity (Wildman–Crippen MR) is 86.7 cm³/mol. The van der Waals surface area contributed by atoms with Crippen LogP contribution < -0.4 is 10.1 Å². The van der Waals surface area contributed by atoms with Gasteiger partial charge < -0.3 is 10.1 Å². The van der Waals surface area contributed by atoms with E-state index in [4.69, 9.17) is 4.74 Å². The molecule has 4 nitrogen and oxygen atoms in total. The number of carbonyl (C=O) groups excluding carboxylic acids is 1. The Balaban J connectivity index is 1.98. The second-order valence-corrected chi connectivity index (χ2v) is 5.36. The Morgan fingerprint density at radius 2 is 2.14 bits per heavy atom. The van der Waals surface area contributed by atoms with Gasteiger partial charge in [-0.2, -0.15) is 0 Å². The third-order valence-electron chi connectivity index (χ3n) is 3.47. The van der Waals surface area contributed by atoms with Gasteiger partial charge in [0.1, 0.15) is 5.75 Å². The van der Waals surface area contributed by atoms with Crippen LogP contribution in [0.25, 0.3) is 0 Å². The van der Waals surface area contributed by atoms with E-state index in [-0.39, 0.29) is 5.91 Å². The molecule has 0 saturated carbocycles. The average molecular weight is 298 g/mol. The topological polar surface area (TPSA) is 51.2 Å². The van der Waals surface area contributed by atoms with Crippen molar-refractivity contribution in [2.45, 2.75) is 39.8 Å². The molecule has 1 N–H and O–H groups in total. The molecule has 1 aromatic heterocycles. The minimum Gasteiger partial charge on any atom is -0.480 e. The van der Waals surface area contributed by atoms with Gasteiger partial charge in [0.15, 0.2) is 6.10 Å². The Hall–Kier alpha value is -2.36. The lowest BCUT2D eigenvalue weighted by molar-refractivity contribution is -0.128. The van der Waals surface area contributed by atoms with Crippen LogP contribution in [0.5, 0.6) is 5.75 Å². The lowest BCUT2D eigenvalue weighted by Crippen LogP contribution is -2.37. The van der Waals surface area contributed by atoms with Gasteiger partial charge in [-0.05, 0) is 49.1 Å². The molecular weight excluding hydrogens is 276 g/mol. The minimum absolute atomic E-state index is 0.104. The number of rotatable bonds is 6. The smallest absolute Gasteiger partial charge is 0.261 e. The molecule has 1 heterocycles. The third-order valence-corrected chi connectivity index (χ3v) is 3.47. The van der Waals surface area contributed by atoms with Crippen molar-refractivity contribution in [2.75, 3.05) is 0 Å². The maximum Gasteiger partial charge on any atom is 0.261 e. The van der Waals surface area contributed by atoms with E-state index < -0.39 is 6.10 Å². The Morgan fingerprint density at radius 1 is 1.32 bits per heavy atom. The van der Waals surface area contributed by atoms with Crippen molar-refractivity contribution in [3.05, 3.63) is 59.4 Å². The van der Waals surface area contributed by atoms with Crippen molar-refractivity contribution < 1.29 is 9.53 Å². The molecule has 0 saturated heterocycles. The lowest BCUT2D eigenvalue weighted by atomic mass is 10.1. The summed E-state index contributed by atoms with van der Waals surface area (Å²) in [5.41, 5.74) is 3.12. The molecule has 0 spiro atoms. The Bertz CT molecular complexity index is 626. The number of carbonyl (C=O) groups is 1. The largest absolute Gasteiger partial charge is 0.480 e. The summed E-state index contributed by atoms with van der Waals surface area (Å²) in [4.78, 5) is 16.3. The summed E-state index contributed by atoms with van der Waals surface area (Å²) in [5, 5.41) is 2.90. The number of pyridine rings is 1. The normalized spacial score (nSPS) is 11.8. The van der Waals surface area contributed by atoms with Gasteiger partial charge in [0.2, 0.25) is 0 Å². The number of hydrogen-bond donors (Lipinski definition) is 1. The van der Waals surface area contributed by atoms with E-state index in [1.807, 2.05) is 51.1 Å². The fourth-order valence-corrected chi connectivity index (χ4v) is 2.12. The first-order chi connectivity index (χ1) is 10.6. The van der Waals surface area contributed by atoms with E-state index in [0.717, 1.165) is 22.4 Å². The summed E-state index contributed by atoms with van der Waals surface area (Å²) in [6, 6.07) is 9.79. The van der Waals surface area contributed by atoms with Crippen LogP contribution in [-0.2, 0) is 11.3 Å². The van der Waals surface area contributed by atoms with E-state index >= 15 is 0 Å². The summed E-state index contributed by atoms with van der Waals surface area (Å²) in [5.74, 6) is 0.663. The number of ether oxygens (including phenoxy) is 1. The van der Waals surface area contributed by atoms with Crippen molar-refractivity contribution in [1.29, 1.82) is 0 Å². The second kappa shape index (κ2) is 7.59.